The molecular weight excluding hydrogens is 304 g/mol. The Morgan fingerprint density at radius 1 is 1.21 bits per heavy atom. The highest BCUT2D eigenvalue weighted by Gasteiger charge is 2.32. The van der Waals surface area contributed by atoms with Gasteiger partial charge in [-0.05, 0) is 25.3 Å². The van der Waals surface area contributed by atoms with E-state index in [1.54, 1.807) is 0 Å². The molecule has 1 aromatic rings. The molecule has 5 nitrogen and oxygen atoms in total. The zero-order chi connectivity index (χ0) is 16.8. The van der Waals surface area contributed by atoms with Gasteiger partial charge in [-0.2, -0.15) is 0 Å². The van der Waals surface area contributed by atoms with E-state index in [2.05, 4.69) is 29.2 Å². The van der Waals surface area contributed by atoms with Crippen molar-refractivity contribution in [2.75, 3.05) is 39.4 Å². The van der Waals surface area contributed by atoms with Crippen molar-refractivity contribution in [1.82, 2.24) is 9.80 Å². The monoisotopic (exact) mass is 332 g/mol. The molecule has 2 aliphatic heterocycles. The van der Waals surface area contributed by atoms with E-state index in [1.807, 2.05) is 17.9 Å². The van der Waals surface area contributed by atoms with Crippen molar-refractivity contribution in [1.29, 1.82) is 0 Å². The van der Waals surface area contributed by atoms with E-state index >= 15 is 0 Å². The Hall–Kier alpha value is -1.43. The predicted octanol–water partition coefficient (Wildman–Crippen LogP) is 1.91. The van der Waals surface area contributed by atoms with E-state index in [4.69, 9.17) is 9.47 Å². The van der Waals surface area contributed by atoms with Crippen molar-refractivity contribution in [3.63, 3.8) is 0 Å². The van der Waals surface area contributed by atoms with Crippen molar-refractivity contribution in [3.8, 4) is 0 Å². The fourth-order valence-electron chi connectivity index (χ4n) is 3.52. The van der Waals surface area contributed by atoms with Crippen LogP contribution in [-0.2, 0) is 20.8 Å². The molecule has 24 heavy (non-hydrogen) atoms. The first kappa shape index (κ1) is 17.4. The summed E-state index contributed by atoms with van der Waals surface area (Å²) < 4.78 is 11.4. The fourth-order valence-corrected chi connectivity index (χ4v) is 3.52. The van der Waals surface area contributed by atoms with E-state index in [1.165, 1.54) is 5.56 Å². The number of rotatable bonds is 5. The summed E-state index contributed by atoms with van der Waals surface area (Å²) in [7, 11) is 0. The Kier molecular flexibility index (Phi) is 6.24. The number of likely N-dealkylation sites (tertiary alicyclic amines) is 1. The minimum absolute atomic E-state index is 0.141. The Balaban J connectivity index is 1.50. The van der Waals surface area contributed by atoms with Crippen LogP contribution in [-0.4, -0.2) is 67.3 Å². The molecular formula is C19H28N2O3. The summed E-state index contributed by atoms with van der Waals surface area (Å²) >= 11 is 0. The lowest BCUT2D eigenvalue weighted by atomic mass is 10.1. The van der Waals surface area contributed by atoms with Gasteiger partial charge in [-0.1, -0.05) is 30.3 Å². The second-order valence-electron chi connectivity index (χ2n) is 6.56. The van der Waals surface area contributed by atoms with Crippen LogP contribution in [0.25, 0.3) is 0 Å². The van der Waals surface area contributed by atoms with Crippen molar-refractivity contribution < 1.29 is 14.3 Å². The van der Waals surface area contributed by atoms with Crippen LogP contribution in [0.5, 0.6) is 0 Å². The molecule has 5 heteroatoms. The molecule has 1 atom stereocenters. The summed E-state index contributed by atoms with van der Waals surface area (Å²) in [6.07, 6.45) is 1.84. The van der Waals surface area contributed by atoms with Crippen molar-refractivity contribution >= 4 is 5.91 Å². The van der Waals surface area contributed by atoms with Crippen LogP contribution < -0.4 is 0 Å². The third-order valence-corrected chi connectivity index (χ3v) is 4.83. The number of hydrogen-bond donors (Lipinski definition) is 0. The Morgan fingerprint density at radius 3 is 2.67 bits per heavy atom. The number of piperidine rings is 1. The van der Waals surface area contributed by atoms with Crippen LogP contribution in [0.4, 0.5) is 0 Å². The van der Waals surface area contributed by atoms with Gasteiger partial charge in [-0.3, -0.25) is 9.69 Å². The lowest BCUT2D eigenvalue weighted by Crippen LogP contribution is -2.52. The smallest absolute Gasteiger partial charge is 0.253 e. The summed E-state index contributed by atoms with van der Waals surface area (Å²) in [5, 5.41) is 0. The molecule has 1 amide bonds. The second kappa shape index (κ2) is 8.60. The molecule has 0 aromatic heterocycles. The molecule has 0 bridgehead atoms. The summed E-state index contributed by atoms with van der Waals surface area (Å²) in [6, 6.07) is 10.4. The van der Waals surface area contributed by atoms with Crippen LogP contribution in [0.3, 0.4) is 0 Å². The molecule has 132 valence electrons. The second-order valence-corrected chi connectivity index (χ2v) is 6.56. The van der Waals surface area contributed by atoms with Gasteiger partial charge in [-0.15, -0.1) is 0 Å². The predicted molar refractivity (Wildman–Crippen MR) is 92.7 cm³/mol. The first-order valence-corrected chi connectivity index (χ1v) is 9.04. The maximum atomic E-state index is 12.7. The molecule has 0 saturated carbocycles. The number of hydrogen-bond acceptors (Lipinski definition) is 4. The van der Waals surface area contributed by atoms with Gasteiger partial charge in [0.2, 0.25) is 0 Å². The van der Waals surface area contributed by atoms with Crippen LogP contribution in [0.1, 0.15) is 25.3 Å². The number of amides is 1. The maximum Gasteiger partial charge on any atom is 0.253 e. The van der Waals surface area contributed by atoms with Crippen LogP contribution in [0.2, 0.25) is 0 Å². The number of carbonyl (C=O) groups is 1. The Labute approximate surface area is 144 Å². The normalized spacial score (nSPS) is 23.4. The third-order valence-electron chi connectivity index (χ3n) is 4.83. The minimum Gasteiger partial charge on any atom is -0.378 e. The van der Waals surface area contributed by atoms with E-state index in [0.717, 1.165) is 45.6 Å². The zero-order valence-corrected chi connectivity index (χ0v) is 14.5. The molecule has 1 aromatic carbocycles. The van der Waals surface area contributed by atoms with Gasteiger partial charge in [0.15, 0.2) is 0 Å². The van der Waals surface area contributed by atoms with Gasteiger partial charge >= 0.3 is 0 Å². The molecule has 2 saturated heterocycles. The first-order valence-electron chi connectivity index (χ1n) is 9.04. The lowest BCUT2D eigenvalue weighted by molar-refractivity contribution is -0.152. The van der Waals surface area contributed by atoms with Gasteiger partial charge in [0.05, 0.1) is 12.7 Å². The quantitative estimate of drug-likeness (QED) is 0.826. The SMILES string of the molecule is CCOC1CCN(C(=O)C2CN(Cc3ccccc3)CCO2)CC1. The van der Waals surface area contributed by atoms with Crippen molar-refractivity contribution in [2.45, 2.75) is 38.5 Å². The van der Waals surface area contributed by atoms with Crippen LogP contribution >= 0.6 is 0 Å². The van der Waals surface area contributed by atoms with Gasteiger partial charge in [0, 0.05) is 39.3 Å². The standard InChI is InChI=1S/C19H28N2O3/c1-2-23-17-8-10-21(11-9-17)19(22)18-15-20(12-13-24-18)14-16-6-4-3-5-7-16/h3-7,17-18H,2,8-15H2,1H3. The maximum absolute atomic E-state index is 12.7. The lowest BCUT2D eigenvalue weighted by Gasteiger charge is -2.37. The molecule has 3 rings (SSSR count). The molecule has 0 radical (unpaired) electrons. The van der Waals surface area contributed by atoms with Crippen LogP contribution in [0, 0.1) is 0 Å². The largest absolute Gasteiger partial charge is 0.378 e. The number of ether oxygens (including phenoxy) is 2. The molecule has 2 heterocycles. The number of nitrogens with zero attached hydrogens (tertiary/aromatic N) is 2. The fraction of sp³-hybridized carbons (Fsp3) is 0.632. The molecule has 0 N–H and O–H groups in total. The van der Waals surface area contributed by atoms with Gasteiger partial charge in [-0.25, -0.2) is 0 Å². The number of benzene rings is 1. The van der Waals surface area contributed by atoms with Gasteiger partial charge in [0.1, 0.15) is 6.10 Å². The number of carbonyl (C=O) groups excluding carboxylic acids is 1. The van der Waals surface area contributed by atoms with Crippen molar-refractivity contribution in [2.24, 2.45) is 0 Å². The zero-order valence-electron chi connectivity index (χ0n) is 14.5. The molecule has 1 unspecified atom stereocenters. The molecule has 2 aliphatic rings. The Bertz CT molecular complexity index is 515. The van der Waals surface area contributed by atoms with Crippen LogP contribution in [0.15, 0.2) is 30.3 Å². The van der Waals surface area contributed by atoms with E-state index in [-0.39, 0.29) is 12.0 Å². The highest BCUT2D eigenvalue weighted by Crippen LogP contribution is 2.17. The molecule has 2 fully saturated rings. The topological polar surface area (TPSA) is 42.0 Å². The summed E-state index contributed by atoms with van der Waals surface area (Å²) in [5.74, 6) is 0.141. The summed E-state index contributed by atoms with van der Waals surface area (Å²) in [5.41, 5.74) is 1.28. The van der Waals surface area contributed by atoms with Gasteiger partial charge < -0.3 is 14.4 Å². The average molecular weight is 332 g/mol. The summed E-state index contributed by atoms with van der Waals surface area (Å²) in [4.78, 5) is 17.0. The van der Waals surface area contributed by atoms with E-state index in [0.29, 0.717) is 19.3 Å². The van der Waals surface area contributed by atoms with Gasteiger partial charge in [0.25, 0.3) is 5.91 Å². The Morgan fingerprint density at radius 2 is 1.96 bits per heavy atom. The minimum atomic E-state index is -0.328. The third kappa shape index (κ3) is 4.56. The van der Waals surface area contributed by atoms with E-state index < -0.39 is 0 Å². The highest BCUT2D eigenvalue weighted by molar-refractivity contribution is 5.81. The van der Waals surface area contributed by atoms with E-state index in [9.17, 15) is 4.79 Å². The average Bonchev–Trinajstić information content (AvgIpc) is 2.63. The number of morpholine rings is 1. The first-order chi connectivity index (χ1) is 11.8. The van der Waals surface area contributed by atoms with Crippen molar-refractivity contribution in [3.05, 3.63) is 35.9 Å². The summed E-state index contributed by atoms with van der Waals surface area (Å²) in [6.45, 7) is 7.39. The molecule has 0 aliphatic carbocycles. The highest BCUT2D eigenvalue weighted by atomic mass is 16.5. The molecule has 0 spiro atoms.